The second-order valence-corrected chi connectivity index (χ2v) is 5.90. The Balaban J connectivity index is 2.54. The van der Waals surface area contributed by atoms with Crippen LogP contribution < -0.4 is 5.32 Å². The van der Waals surface area contributed by atoms with Crippen LogP contribution in [0.5, 0.6) is 0 Å². The minimum Gasteiger partial charge on any atom is -0.469 e. The highest BCUT2D eigenvalue weighted by Crippen LogP contribution is 2.20. The molecule has 0 amide bonds. The molecule has 0 aliphatic carbocycles. The lowest BCUT2D eigenvalue weighted by atomic mass is 9.92. The van der Waals surface area contributed by atoms with Crippen LogP contribution in [0.25, 0.3) is 0 Å². The van der Waals surface area contributed by atoms with Gasteiger partial charge in [0.25, 0.3) is 0 Å². The molecular weight excluding hydrogens is 244 g/mol. The first-order chi connectivity index (χ1) is 8.99. The van der Waals surface area contributed by atoms with Crippen LogP contribution in [0.4, 0.5) is 0 Å². The van der Waals surface area contributed by atoms with Crippen molar-refractivity contribution in [2.45, 2.75) is 32.7 Å². The summed E-state index contributed by atoms with van der Waals surface area (Å²) < 4.78 is 10.0. The van der Waals surface area contributed by atoms with E-state index in [0.717, 1.165) is 19.6 Å². The molecule has 0 saturated carbocycles. The Morgan fingerprint density at radius 3 is 2.68 bits per heavy atom. The van der Waals surface area contributed by atoms with Gasteiger partial charge in [-0.15, -0.1) is 0 Å². The number of esters is 1. The van der Waals surface area contributed by atoms with Crippen LogP contribution in [0.3, 0.4) is 0 Å². The number of hydrogen-bond donors (Lipinski definition) is 1. The normalized spacial score (nSPS) is 19.9. The zero-order chi connectivity index (χ0) is 14.3. The van der Waals surface area contributed by atoms with E-state index in [9.17, 15) is 4.79 Å². The highest BCUT2D eigenvalue weighted by atomic mass is 16.5. The van der Waals surface area contributed by atoms with Gasteiger partial charge in [-0.25, -0.2) is 0 Å². The summed E-state index contributed by atoms with van der Waals surface area (Å²) in [4.78, 5) is 14.1. The monoisotopic (exact) mass is 272 g/mol. The SMILES string of the molecule is COCCN(CC1CCCN1)CC(C)(C)C(=O)OC. The quantitative estimate of drug-likeness (QED) is 0.665. The van der Waals surface area contributed by atoms with Crippen LogP contribution >= 0.6 is 0 Å². The molecule has 1 saturated heterocycles. The van der Waals surface area contributed by atoms with Gasteiger partial charge in [-0.1, -0.05) is 0 Å². The summed E-state index contributed by atoms with van der Waals surface area (Å²) in [6.07, 6.45) is 2.45. The fraction of sp³-hybridized carbons (Fsp3) is 0.929. The van der Waals surface area contributed by atoms with Gasteiger partial charge in [0.2, 0.25) is 0 Å². The third-order valence-corrected chi connectivity index (χ3v) is 3.61. The molecule has 1 rings (SSSR count). The van der Waals surface area contributed by atoms with Crippen LogP contribution in [0, 0.1) is 5.41 Å². The minimum atomic E-state index is -0.485. The number of nitrogens with one attached hydrogen (secondary N) is 1. The Kier molecular flexibility index (Phi) is 6.75. The molecule has 1 heterocycles. The van der Waals surface area contributed by atoms with Crippen molar-refractivity contribution in [3.8, 4) is 0 Å². The molecule has 112 valence electrons. The molecule has 0 radical (unpaired) electrons. The molecule has 0 aromatic carbocycles. The topological polar surface area (TPSA) is 50.8 Å². The van der Waals surface area contributed by atoms with Crippen molar-refractivity contribution >= 4 is 5.97 Å². The Labute approximate surface area is 116 Å². The summed E-state index contributed by atoms with van der Waals surface area (Å²) in [5, 5.41) is 3.49. The van der Waals surface area contributed by atoms with E-state index in [4.69, 9.17) is 9.47 Å². The highest BCUT2D eigenvalue weighted by molar-refractivity contribution is 5.76. The summed E-state index contributed by atoms with van der Waals surface area (Å²) in [5.41, 5.74) is -0.485. The van der Waals surface area contributed by atoms with E-state index in [1.807, 2.05) is 13.8 Å². The molecule has 0 aromatic heterocycles. The molecule has 0 aromatic rings. The maximum atomic E-state index is 11.8. The van der Waals surface area contributed by atoms with E-state index in [0.29, 0.717) is 19.2 Å². The van der Waals surface area contributed by atoms with Gasteiger partial charge in [-0.2, -0.15) is 0 Å². The minimum absolute atomic E-state index is 0.158. The van der Waals surface area contributed by atoms with Crippen molar-refractivity contribution in [1.29, 1.82) is 0 Å². The lowest BCUT2D eigenvalue weighted by Crippen LogP contribution is -2.46. The predicted octanol–water partition coefficient (Wildman–Crippen LogP) is 0.886. The van der Waals surface area contributed by atoms with Gasteiger partial charge >= 0.3 is 5.97 Å². The average molecular weight is 272 g/mol. The first kappa shape index (κ1) is 16.4. The average Bonchev–Trinajstić information content (AvgIpc) is 2.87. The third kappa shape index (κ3) is 5.47. The fourth-order valence-corrected chi connectivity index (χ4v) is 2.58. The molecule has 19 heavy (non-hydrogen) atoms. The number of carbonyl (C=O) groups excluding carboxylic acids is 1. The summed E-state index contributed by atoms with van der Waals surface area (Å²) in [5.74, 6) is -0.158. The lowest BCUT2D eigenvalue weighted by Gasteiger charge is -2.32. The zero-order valence-electron chi connectivity index (χ0n) is 12.7. The molecular formula is C14H28N2O3. The van der Waals surface area contributed by atoms with Gasteiger partial charge in [0, 0.05) is 32.8 Å². The van der Waals surface area contributed by atoms with Crippen LogP contribution in [0.2, 0.25) is 0 Å². The second-order valence-electron chi connectivity index (χ2n) is 5.90. The van der Waals surface area contributed by atoms with Crippen molar-refractivity contribution in [2.75, 3.05) is 47.0 Å². The molecule has 1 aliphatic heterocycles. The summed E-state index contributed by atoms with van der Waals surface area (Å²) >= 11 is 0. The predicted molar refractivity (Wildman–Crippen MR) is 75.1 cm³/mol. The lowest BCUT2D eigenvalue weighted by molar-refractivity contribution is -0.152. The number of methoxy groups -OCH3 is 2. The van der Waals surface area contributed by atoms with Crippen LogP contribution in [-0.4, -0.2) is 63.9 Å². The van der Waals surface area contributed by atoms with E-state index in [1.54, 1.807) is 7.11 Å². The van der Waals surface area contributed by atoms with E-state index in [2.05, 4.69) is 10.2 Å². The Morgan fingerprint density at radius 2 is 2.16 bits per heavy atom. The largest absolute Gasteiger partial charge is 0.469 e. The van der Waals surface area contributed by atoms with E-state index >= 15 is 0 Å². The maximum absolute atomic E-state index is 11.8. The third-order valence-electron chi connectivity index (χ3n) is 3.61. The van der Waals surface area contributed by atoms with Gasteiger partial charge in [0.05, 0.1) is 19.1 Å². The summed E-state index contributed by atoms with van der Waals surface area (Å²) in [6.45, 7) is 8.15. The van der Waals surface area contributed by atoms with E-state index in [-0.39, 0.29) is 5.97 Å². The molecule has 5 heteroatoms. The number of hydrogen-bond acceptors (Lipinski definition) is 5. The van der Waals surface area contributed by atoms with Crippen LogP contribution in [0.1, 0.15) is 26.7 Å². The Bertz CT molecular complexity index is 276. The Hall–Kier alpha value is -0.650. The molecule has 1 fully saturated rings. The molecule has 1 N–H and O–H groups in total. The molecule has 0 bridgehead atoms. The fourth-order valence-electron chi connectivity index (χ4n) is 2.58. The molecule has 1 atom stereocenters. The number of ether oxygens (including phenoxy) is 2. The van der Waals surface area contributed by atoms with E-state index in [1.165, 1.54) is 20.0 Å². The smallest absolute Gasteiger partial charge is 0.312 e. The van der Waals surface area contributed by atoms with E-state index < -0.39 is 5.41 Å². The maximum Gasteiger partial charge on any atom is 0.312 e. The Morgan fingerprint density at radius 1 is 1.42 bits per heavy atom. The van der Waals surface area contributed by atoms with Crippen molar-refractivity contribution in [3.05, 3.63) is 0 Å². The van der Waals surface area contributed by atoms with Crippen molar-refractivity contribution in [1.82, 2.24) is 10.2 Å². The summed E-state index contributed by atoms with van der Waals surface area (Å²) in [7, 11) is 3.15. The van der Waals surface area contributed by atoms with Crippen molar-refractivity contribution in [3.63, 3.8) is 0 Å². The van der Waals surface area contributed by atoms with Gasteiger partial charge < -0.3 is 14.8 Å². The van der Waals surface area contributed by atoms with Crippen LogP contribution in [0.15, 0.2) is 0 Å². The van der Waals surface area contributed by atoms with Crippen molar-refractivity contribution < 1.29 is 14.3 Å². The highest BCUT2D eigenvalue weighted by Gasteiger charge is 2.32. The number of carbonyl (C=O) groups is 1. The van der Waals surface area contributed by atoms with Gasteiger partial charge in [-0.05, 0) is 33.2 Å². The molecule has 0 spiro atoms. The van der Waals surface area contributed by atoms with Crippen LogP contribution in [-0.2, 0) is 14.3 Å². The number of nitrogens with zero attached hydrogens (tertiary/aromatic N) is 1. The standard InChI is InChI=1S/C14H28N2O3/c1-14(2,13(17)19-4)11-16(8-9-18-3)10-12-6-5-7-15-12/h12,15H,5-11H2,1-4H3. The number of rotatable bonds is 8. The van der Waals surface area contributed by atoms with Crippen molar-refractivity contribution in [2.24, 2.45) is 5.41 Å². The van der Waals surface area contributed by atoms with Gasteiger partial charge in [-0.3, -0.25) is 9.69 Å². The second kappa shape index (κ2) is 7.82. The van der Waals surface area contributed by atoms with Gasteiger partial charge in [0.1, 0.15) is 0 Å². The molecule has 5 nitrogen and oxygen atoms in total. The van der Waals surface area contributed by atoms with Gasteiger partial charge in [0.15, 0.2) is 0 Å². The molecule has 1 unspecified atom stereocenters. The first-order valence-electron chi connectivity index (χ1n) is 7.02. The zero-order valence-corrected chi connectivity index (χ0v) is 12.7. The molecule has 1 aliphatic rings. The first-order valence-corrected chi connectivity index (χ1v) is 7.02. The summed E-state index contributed by atoms with van der Waals surface area (Å²) in [6, 6.07) is 0.533.